The van der Waals surface area contributed by atoms with Gasteiger partial charge in [-0.25, -0.2) is 4.79 Å². The summed E-state index contributed by atoms with van der Waals surface area (Å²) in [7, 11) is 0. The van der Waals surface area contributed by atoms with Crippen molar-refractivity contribution in [1.29, 1.82) is 0 Å². The summed E-state index contributed by atoms with van der Waals surface area (Å²) in [6, 6.07) is 2.08. The van der Waals surface area contributed by atoms with Gasteiger partial charge in [-0.15, -0.1) is 0 Å². The average molecular weight is 349 g/mol. The molecule has 0 amide bonds. The van der Waals surface area contributed by atoms with Crippen LogP contribution in [0.25, 0.3) is 0 Å². The normalized spacial score (nSPS) is 12.6. The van der Waals surface area contributed by atoms with Crippen LogP contribution in [0.3, 0.4) is 0 Å². The first-order valence-corrected chi connectivity index (χ1v) is 7.28. The highest BCUT2D eigenvalue weighted by molar-refractivity contribution is 14.1. The molecule has 0 fully saturated rings. The first-order valence-electron chi connectivity index (χ1n) is 6.20. The molecule has 0 radical (unpaired) electrons. The monoisotopic (exact) mass is 349 g/mol. The van der Waals surface area contributed by atoms with E-state index in [0.717, 1.165) is 35.7 Å². The minimum Gasteiger partial charge on any atom is -0.477 e. The maximum atomic E-state index is 11.2. The van der Waals surface area contributed by atoms with Crippen LogP contribution >= 0.6 is 22.6 Å². The number of aromatic carboxylic acids is 1. The Labute approximate surface area is 116 Å². The Bertz CT molecular complexity index is 373. The van der Waals surface area contributed by atoms with Gasteiger partial charge in [-0.2, -0.15) is 0 Å². The molecule has 0 saturated heterocycles. The topological polar surface area (TPSA) is 42.2 Å². The fourth-order valence-corrected chi connectivity index (χ4v) is 2.71. The maximum Gasteiger partial charge on any atom is 0.352 e. The second-order valence-corrected chi connectivity index (χ2v) is 5.59. The summed E-state index contributed by atoms with van der Waals surface area (Å²) in [5.41, 5.74) is 0.420. The minimum atomic E-state index is -0.828. The van der Waals surface area contributed by atoms with Gasteiger partial charge < -0.3 is 9.67 Å². The number of hydrogen-bond donors (Lipinski definition) is 1. The summed E-state index contributed by atoms with van der Waals surface area (Å²) in [5, 5.41) is 9.20. The predicted octanol–water partition coefficient (Wildman–Crippen LogP) is 4.32. The molecule has 0 spiro atoms. The highest BCUT2D eigenvalue weighted by Crippen LogP contribution is 2.25. The lowest BCUT2D eigenvalue weighted by Gasteiger charge is -2.19. The van der Waals surface area contributed by atoms with Crippen LogP contribution in [-0.4, -0.2) is 15.6 Å². The van der Waals surface area contributed by atoms with E-state index in [-0.39, 0.29) is 0 Å². The second kappa shape index (κ2) is 7.03. The SMILES string of the molecule is CCCCC(CCC)n1cc(I)cc1C(=O)O. The van der Waals surface area contributed by atoms with Crippen LogP contribution < -0.4 is 0 Å². The molecule has 1 rings (SSSR count). The van der Waals surface area contributed by atoms with E-state index >= 15 is 0 Å². The van der Waals surface area contributed by atoms with E-state index < -0.39 is 5.97 Å². The van der Waals surface area contributed by atoms with Crippen molar-refractivity contribution in [3.63, 3.8) is 0 Å². The third kappa shape index (κ3) is 4.01. The molecule has 0 aliphatic carbocycles. The zero-order valence-electron chi connectivity index (χ0n) is 10.4. The van der Waals surface area contributed by atoms with Crippen LogP contribution in [0.15, 0.2) is 12.3 Å². The number of carboxylic acid groups (broad SMARTS) is 1. The molecule has 0 saturated carbocycles. The van der Waals surface area contributed by atoms with Crippen molar-refractivity contribution >= 4 is 28.6 Å². The molecule has 0 bridgehead atoms. The number of halogens is 1. The molecule has 0 aliphatic heterocycles. The van der Waals surface area contributed by atoms with Crippen molar-refractivity contribution < 1.29 is 9.90 Å². The van der Waals surface area contributed by atoms with Crippen molar-refractivity contribution in [2.24, 2.45) is 0 Å². The summed E-state index contributed by atoms with van der Waals surface area (Å²) in [5.74, 6) is -0.828. The zero-order chi connectivity index (χ0) is 12.8. The summed E-state index contributed by atoms with van der Waals surface area (Å²) < 4.78 is 2.95. The Morgan fingerprint density at radius 3 is 2.65 bits per heavy atom. The average Bonchev–Trinajstić information content (AvgIpc) is 2.66. The molecule has 1 aromatic heterocycles. The van der Waals surface area contributed by atoms with Gasteiger partial charge in [-0.05, 0) is 41.5 Å². The third-order valence-corrected chi connectivity index (χ3v) is 3.53. The summed E-state index contributed by atoms with van der Waals surface area (Å²) in [4.78, 5) is 11.2. The summed E-state index contributed by atoms with van der Waals surface area (Å²) >= 11 is 2.17. The fourth-order valence-electron chi connectivity index (χ4n) is 2.11. The Morgan fingerprint density at radius 2 is 2.12 bits per heavy atom. The van der Waals surface area contributed by atoms with E-state index in [4.69, 9.17) is 0 Å². The summed E-state index contributed by atoms with van der Waals surface area (Å²) in [6.07, 6.45) is 7.46. The quantitative estimate of drug-likeness (QED) is 0.745. The van der Waals surface area contributed by atoms with Crippen molar-refractivity contribution in [2.45, 2.75) is 52.0 Å². The minimum absolute atomic E-state index is 0.328. The largest absolute Gasteiger partial charge is 0.477 e. The molecule has 1 unspecified atom stereocenters. The number of hydrogen-bond acceptors (Lipinski definition) is 1. The van der Waals surface area contributed by atoms with Gasteiger partial charge in [0.05, 0.1) is 0 Å². The predicted molar refractivity (Wildman–Crippen MR) is 77.6 cm³/mol. The van der Waals surface area contributed by atoms with Gasteiger partial charge in [0.2, 0.25) is 0 Å². The smallest absolute Gasteiger partial charge is 0.352 e. The molecule has 1 N–H and O–H groups in total. The van der Waals surface area contributed by atoms with Gasteiger partial charge in [0.1, 0.15) is 5.69 Å². The fraction of sp³-hybridized carbons (Fsp3) is 0.615. The van der Waals surface area contributed by atoms with Gasteiger partial charge in [0.15, 0.2) is 0 Å². The molecule has 1 aromatic rings. The van der Waals surface area contributed by atoms with Gasteiger partial charge in [-0.3, -0.25) is 0 Å². The molecule has 1 heterocycles. The van der Waals surface area contributed by atoms with Crippen LogP contribution in [0.1, 0.15) is 62.5 Å². The standard InChI is InChI=1S/C13H20INO2/c1-3-5-7-11(6-4-2)15-9-10(14)8-12(15)13(16)17/h8-9,11H,3-7H2,1-2H3,(H,16,17). The Hall–Kier alpha value is -0.520. The molecule has 96 valence electrons. The van der Waals surface area contributed by atoms with Gasteiger partial charge in [-0.1, -0.05) is 33.1 Å². The van der Waals surface area contributed by atoms with Gasteiger partial charge >= 0.3 is 5.97 Å². The van der Waals surface area contributed by atoms with Crippen LogP contribution in [0, 0.1) is 3.57 Å². The molecule has 4 heteroatoms. The Kier molecular flexibility index (Phi) is 6.02. The van der Waals surface area contributed by atoms with Crippen molar-refractivity contribution in [2.75, 3.05) is 0 Å². The molecule has 0 aliphatic rings. The molecular formula is C13H20INO2. The van der Waals surface area contributed by atoms with Crippen LogP contribution in [0.5, 0.6) is 0 Å². The third-order valence-electron chi connectivity index (χ3n) is 2.94. The van der Waals surface area contributed by atoms with Crippen molar-refractivity contribution in [3.05, 3.63) is 21.5 Å². The van der Waals surface area contributed by atoms with E-state index in [1.165, 1.54) is 0 Å². The number of carbonyl (C=O) groups is 1. The lowest BCUT2D eigenvalue weighted by atomic mass is 10.0. The lowest BCUT2D eigenvalue weighted by Crippen LogP contribution is -2.14. The number of carboxylic acids is 1. The highest BCUT2D eigenvalue weighted by Gasteiger charge is 2.18. The summed E-state index contributed by atoms with van der Waals surface area (Å²) in [6.45, 7) is 4.31. The Balaban J connectivity index is 2.95. The van der Waals surface area contributed by atoms with Crippen molar-refractivity contribution in [3.8, 4) is 0 Å². The number of unbranched alkanes of at least 4 members (excludes halogenated alkanes) is 1. The van der Waals surface area contributed by atoms with Gasteiger partial charge in [0.25, 0.3) is 0 Å². The molecule has 17 heavy (non-hydrogen) atoms. The molecular weight excluding hydrogens is 329 g/mol. The van der Waals surface area contributed by atoms with E-state index in [0.29, 0.717) is 11.7 Å². The van der Waals surface area contributed by atoms with Crippen LogP contribution in [-0.2, 0) is 0 Å². The molecule has 1 atom stereocenters. The maximum absolute atomic E-state index is 11.2. The van der Waals surface area contributed by atoms with Gasteiger partial charge in [0, 0.05) is 15.8 Å². The lowest BCUT2D eigenvalue weighted by molar-refractivity contribution is 0.0681. The number of nitrogens with zero attached hydrogens (tertiary/aromatic N) is 1. The number of rotatable bonds is 7. The van der Waals surface area contributed by atoms with Crippen LogP contribution in [0.2, 0.25) is 0 Å². The van der Waals surface area contributed by atoms with Crippen LogP contribution in [0.4, 0.5) is 0 Å². The van der Waals surface area contributed by atoms with E-state index in [2.05, 4.69) is 36.4 Å². The van der Waals surface area contributed by atoms with Crippen molar-refractivity contribution in [1.82, 2.24) is 4.57 Å². The van der Waals surface area contributed by atoms with E-state index in [1.54, 1.807) is 6.07 Å². The molecule has 0 aromatic carbocycles. The first kappa shape index (κ1) is 14.5. The first-order chi connectivity index (χ1) is 8.10. The second-order valence-electron chi connectivity index (χ2n) is 4.34. The Morgan fingerprint density at radius 1 is 1.41 bits per heavy atom. The molecule has 3 nitrogen and oxygen atoms in total. The number of aromatic nitrogens is 1. The van der Waals surface area contributed by atoms with E-state index in [1.807, 2.05) is 10.8 Å². The van der Waals surface area contributed by atoms with E-state index in [9.17, 15) is 9.90 Å². The highest BCUT2D eigenvalue weighted by atomic mass is 127. The zero-order valence-corrected chi connectivity index (χ0v) is 12.6.